The van der Waals surface area contributed by atoms with Crippen molar-refractivity contribution in [1.29, 1.82) is 0 Å². The number of hydrogen-bond donors (Lipinski definition) is 2. The largest absolute Gasteiger partial charge is 0.315 e. The number of nitrogens with one attached hydrogen (secondary N) is 2. The molecule has 0 aliphatic rings. The summed E-state index contributed by atoms with van der Waals surface area (Å²) in [4.78, 5) is 3.93. The van der Waals surface area contributed by atoms with Gasteiger partial charge < -0.3 is 5.32 Å². The Morgan fingerprint density at radius 3 is 2.67 bits per heavy atom. The Kier molecular flexibility index (Phi) is 6.07. The van der Waals surface area contributed by atoms with Crippen molar-refractivity contribution in [1.82, 2.24) is 10.3 Å². The van der Waals surface area contributed by atoms with Gasteiger partial charge in [0.1, 0.15) is 5.82 Å². The number of rotatable bonds is 8. The van der Waals surface area contributed by atoms with E-state index in [1.165, 1.54) is 0 Å². The van der Waals surface area contributed by atoms with E-state index in [2.05, 4.69) is 28.9 Å². The SMILES string of the molecule is CC(C)NCCCCS(=O)(=O)Nc1ccccn1. The molecule has 102 valence electrons. The van der Waals surface area contributed by atoms with Crippen molar-refractivity contribution in [3.8, 4) is 0 Å². The van der Waals surface area contributed by atoms with Crippen LogP contribution in [0.25, 0.3) is 0 Å². The standard InChI is InChI=1S/C12H21N3O2S/c1-11(2)13-8-5-6-10-18(16,17)15-12-7-3-4-9-14-12/h3-4,7,9,11,13H,5-6,8,10H2,1-2H3,(H,14,15). The Bertz CT molecular complexity index is 432. The Morgan fingerprint density at radius 1 is 1.28 bits per heavy atom. The van der Waals surface area contributed by atoms with Crippen LogP contribution in [0.2, 0.25) is 0 Å². The summed E-state index contributed by atoms with van der Waals surface area (Å²) in [7, 11) is -3.28. The van der Waals surface area contributed by atoms with Crippen LogP contribution < -0.4 is 10.0 Å². The molecule has 0 saturated carbocycles. The average molecular weight is 271 g/mol. The van der Waals surface area contributed by atoms with Gasteiger partial charge in [0.2, 0.25) is 10.0 Å². The topological polar surface area (TPSA) is 71.1 Å². The van der Waals surface area contributed by atoms with E-state index in [1.807, 2.05) is 0 Å². The lowest BCUT2D eigenvalue weighted by Gasteiger charge is -2.09. The molecule has 0 atom stereocenters. The number of anilines is 1. The molecule has 0 saturated heterocycles. The molecular weight excluding hydrogens is 250 g/mol. The Balaban J connectivity index is 2.28. The van der Waals surface area contributed by atoms with Crippen LogP contribution in [0.1, 0.15) is 26.7 Å². The van der Waals surface area contributed by atoms with Gasteiger partial charge in [-0.2, -0.15) is 0 Å². The van der Waals surface area contributed by atoms with Crippen molar-refractivity contribution in [2.24, 2.45) is 0 Å². The smallest absolute Gasteiger partial charge is 0.233 e. The molecule has 2 N–H and O–H groups in total. The minimum atomic E-state index is -3.28. The number of hydrogen-bond acceptors (Lipinski definition) is 4. The van der Waals surface area contributed by atoms with Gasteiger partial charge in [0.25, 0.3) is 0 Å². The highest BCUT2D eigenvalue weighted by Crippen LogP contribution is 2.05. The van der Waals surface area contributed by atoms with Crippen molar-refractivity contribution >= 4 is 15.8 Å². The number of aromatic nitrogens is 1. The molecule has 0 radical (unpaired) electrons. The van der Waals surface area contributed by atoms with Crippen LogP contribution in [0.15, 0.2) is 24.4 Å². The molecule has 0 bridgehead atoms. The summed E-state index contributed by atoms with van der Waals surface area (Å²) in [6.45, 7) is 4.98. The number of pyridine rings is 1. The third-order valence-electron chi connectivity index (χ3n) is 2.32. The highest BCUT2D eigenvalue weighted by Gasteiger charge is 2.10. The maximum absolute atomic E-state index is 11.7. The molecule has 0 aliphatic carbocycles. The second kappa shape index (κ2) is 7.33. The van der Waals surface area contributed by atoms with Crippen LogP contribution in [-0.2, 0) is 10.0 Å². The van der Waals surface area contributed by atoms with E-state index in [9.17, 15) is 8.42 Å². The molecule has 5 nitrogen and oxygen atoms in total. The van der Waals surface area contributed by atoms with Gasteiger partial charge in [0.05, 0.1) is 5.75 Å². The van der Waals surface area contributed by atoms with Crippen LogP contribution in [0.3, 0.4) is 0 Å². The molecule has 6 heteroatoms. The van der Waals surface area contributed by atoms with Gasteiger partial charge in [-0.3, -0.25) is 4.72 Å². The van der Waals surface area contributed by atoms with Crippen LogP contribution in [0.4, 0.5) is 5.82 Å². The van der Waals surface area contributed by atoms with Gasteiger partial charge in [0, 0.05) is 12.2 Å². The average Bonchev–Trinajstić information content (AvgIpc) is 2.28. The highest BCUT2D eigenvalue weighted by atomic mass is 32.2. The third-order valence-corrected chi connectivity index (χ3v) is 3.66. The zero-order chi connectivity index (χ0) is 13.4. The van der Waals surface area contributed by atoms with E-state index in [1.54, 1.807) is 24.4 Å². The second-order valence-corrected chi connectivity index (χ2v) is 6.29. The minimum Gasteiger partial charge on any atom is -0.315 e. The Hall–Kier alpha value is -1.14. The van der Waals surface area contributed by atoms with E-state index in [0.29, 0.717) is 18.3 Å². The molecule has 0 spiro atoms. The van der Waals surface area contributed by atoms with Crippen molar-refractivity contribution in [2.75, 3.05) is 17.0 Å². The molecule has 1 rings (SSSR count). The van der Waals surface area contributed by atoms with E-state index >= 15 is 0 Å². The first kappa shape index (κ1) is 14.9. The van der Waals surface area contributed by atoms with Crippen molar-refractivity contribution in [3.63, 3.8) is 0 Å². The molecule has 0 fully saturated rings. The van der Waals surface area contributed by atoms with Gasteiger partial charge in [-0.15, -0.1) is 0 Å². The van der Waals surface area contributed by atoms with E-state index < -0.39 is 10.0 Å². The number of nitrogens with zero attached hydrogens (tertiary/aromatic N) is 1. The van der Waals surface area contributed by atoms with Crippen LogP contribution in [-0.4, -0.2) is 31.7 Å². The lowest BCUT2D eigenvalue weighted by atomic mass is 10.3. The maximum atomic E-state index is 11.7. The monoisotopic (exact) mass is 271 g/mol. The van der Waals surface area contributed by atoms with E-state index in [0.717, 1.165) is 13.0 Å². The van der Waals surface area contributed by atoms with Gasteiger partial charge in [-0.05, 0) is 31.5 Å². The normalized spacial score (nSPS) is 11.7. The zero-order valence-electron chi connectivity index (χ0n) is 10.9. The third kappa shape index (κ3) is 6.56. The van der Waals surface area contributed by atoms with Gasteiger partial charge in [-0.1, -0.05) is 19.9 Å². The van der Waals surface area contributed by atoms with Gasteiger partial charge in [0.15, 0.2) is 0 Å². The van der Waals surface area contributed by atoms with Crippen LogP contribution >= 0.6 is 0 Å². The number of sulfonamides is 1. The predicted octanol–water partition coefficient (Wildman–Crippen LogP) is 1.60. The first-order valence-corrected chi connectivity index (χ1v) is 7.80. The molecule has 18 heavy (non-hydrogen) atoms. The first-order chi connectivity index (χ1) is 8.49. The maximum Gasteiger partial charge on any atom is 0.233 e. The molecule has 0 aromatic carbocycles. The fraction of sp³-hybridized carbons (Fsp3) is 0.583. The van der Waals surface area contributed by atoms with Crippen molar-refractivity contribution in [3.05, 3.63) is 24.4 Å². The Morgan fingerprint density at radius 2 is 2.06 bits per heavy atom. The van der Waals surface area contributed by atoms with Gasteiger partial charge in [-0.25, -0.2) is 13.4 Å². The molecule has 0 unspecified atom stereocenters. The minimum absolute atomic E-state index is 0.128. The fourth-order valence-corrected chi connectivity index (χ4v) is 2.57. The fourth-order valence-electron chi connectivity index (χ4n) is 1.44. The summed E-state index contributed by atoms with van der Waals surface area (Å²) in [5.41, 5.74) is 0. The predicted molar refractivity (Wildman–Crippen MR) is 74.0 cm³/mol. The zero-order valence-corrected chi connectivity index (χ0v) is 11.7. The number of unbranched alkanes of at least 4 members (excludes halogenated alkanes) is 1. The lowest BCUT2D eigenvalue weighted by Crippen LogP contribution is -2.24. The van der Waals surface area contributed by atoms with E-state index in [4.69, 9.17) is 0 Å². The molecule has 1 aromatic rings. The summed E-state index contributed by atoms with van der Waals surface area (Å²) in [6, 6.07) is 5.57. The summed E-state index contributed by atoms with van der Waals surface area (Å²) in [6.07, 6.45) is 3.05. The van der Waals surface area contributed by atoms with Crippen molar-refractivity contribution < 1.29 is 8.42 Å². The highest BCUT2D eigenvalue weighted by molar-refractivity contribution is 7.92. The summed E-state index contributed by atoms with van der Waals surface area (Å²) in [5.74, 6) is 0.501. The second-order valence-electron chi connectivity index (χ2n) is 4.45. The lowest BCUT2D eigenvalue weighted by molar-refractivity contribution is 0.561. The molecule has 0 aliphatic heterocycles. The Labute approximate surface area is 109 Å². The quantitative estimate of drug-likeness (QED) is 0.705. The first-order valence-electron chi connectivity index (χ1n) is 6.14. The van der Waals surface area contributed by atoms with Gasteiger partial charge >= 0.3 is 0 Å². The van der Waals surface area contributed by atoms with E-state index in [-0.39, 0.29) is 5.75 Å². The summed E-state index contributed by atoms with van der Waals surface area (Å²) >= 11 is 0. The van der Waals surface area contributed by atoms with Crippen LogP contribution in [0, 0.1) is 0 Å². The molecule has 1 aromatic heterocycles. The molecule has 0 amide bonds. The van der Waals surface area contributed by atoms with Crippen molar-refractivity contribution in [2.45, 2.75) is 32.7 Å². The van der Waals surface area contributed by atoms with Crippen LogP contribution in [0.5, 0.6) is 0 Å². The summed E-state index contributed by atoms with van der Waals surface area (Å²) in [5, 5.41) is 3.25. The molecule has 1 heterocycles. The molecular formula is C12H21N3O2S. The summed E-state index contributed by atoms with van der Waals surface area (Å²) < 4.78 is 25.9.